The Hall–Kier alpha value is -3.97. The number of carbonyl (C=O) groups is 1. The van der Waals surface area contributed by atoms with Gasteiger partial charge in [0.1, 0.15) is 11.6 Å². The number of urea groups is 1. The molecule has 33 heavy (non-hydrogen) atoms. The van der Waals surface area contributed by atoms with Crippen LogP contribution in [0.25, 0.3) is 32.9 Å². The number of aromatic amines is 1. The third-order valence-electron chi connectivity index (χ3n) is 5.39. The Labute approximate surface area is 192 Å². The van der Waals surface area contributed by atoms with Gasteiger partial charge in [-0.3, -0.25) is 4.98 Å². The number of hydrogen-bond donors (Lipinski definition) is 3. The number of benzene rings is 3. The molecule has 164 valence electrons. The van der Waals surface area contributed by atoms with E-state index in [0.717, 1.165) is 50.8 Å². The van der Waals surface area contributed by atoms with Gasteiger partial charge in [-0.15, -0.1) is 0 Å². The van der Waals surface area contributed by atoms with Crippen LogP contribution in [0.15, 0.2) is 66.9 Å². The normalized spacial score (nSPS) is 11.2. The topological polar surface area (TPSA) is 69.8 Å². The summed E-state index contributed by atoms with van der Waals surface area (Å²) in [4.78, 5) is 20.2. The molecule has 3 N–H and O–H groups in total. The molecule has 0 aliphatic carbocycles. The predicted molar refractivity (Wildman–Crippen MR) is 128 cm³/mol. The first-order valence-electron chi connectivity index (χ1n) is 10.1. The summed E-state index contributed by atoms with van der Waals surface area (Å²) < 4.78 is 26.9. The van der Waals surface area contributed by atoms with Gasteiger partial charge in [0.2, 0.25) is 0 Å². The van der Waals surface area contributed by atoms with Crippen molar-refractivity contribution in [2.45, 2.75) is 6.92 Å². The summed E-state index contributed by atoms with van der Waals surface area (Å²) in [6.07, 6.45) is 1.76. The quantitative estimate of drug-likeness (QED) is 0.264. The van der Waals surface area contributed by atoms with Crippen molar-refractivity contribution in [2.75, 3.05) is 10.6 Å². The number of H-pyrrole nitrogens is 1. The molecule has 0 unspecified atom stereocenters. The lowest BCUT2D eigenvalue weighted by atomic mass is 10.0. The van der Waals surface area contributed by atoms with Crippen LogP contribution in [0.5, 0.6) is 0 Å². The van der Waals surface area contributed by atoms with Gasteiger partial charge in [-0.25, -0.2) is 13.6 Å². The number of nitrogens with zero attached hydrogens (tertiary/aromatic N) is 1. The van der Waals surface area contributed by atoms with E-state index >= 15 is 0 Å². The van der Waals surface area contributed by atoms with Crippen molar-refractivity contribution < 1.29 is 13.6 Å². The Kier molecular flexibility index (Phi) is 5.18. The van der Waals surface area contributed by atoms with Crippen LogP contribution in [-0.4, -0.2) is 16.0 Å². The van der Waals surface area contributed by atoms with E-state index in [1.807, 2.05) is 31.2 Å². The van der Waals surface area contributed by atoms with E-state index in [-0.39, 0.29) is 5.69 Å². The Morgan fingerprint density at radius 1 is 0.970 bits per heavy atom. The number of anilines is 2. The maximum Gasteiger partial charge on any atom is 0.323 e. The van der Waals surface area contributed by atoms with Crippen LogP contribution in [0.1, 0.15) is 5.69 Å². The first-order valence-corrected chi connectivity index (χ1v) is 10.5. The zero-order chi connectivity index (χ0) is 23.1. The number of amides is 2. The summed E-state index contributed by atoms with van der Waals surface area (Å²) in [5, 5.41) is 7.64. The van der Waals surface area contributed by atoms with Crippen LogP contribution in [-0.2, 0) is 0 Å². The second-order valence-electron chi connectivity index (χ2n) is 7.60. The number of aryl methyl sites for hydroxylation is 1. The molecule has 5 rings (SSSR count). The smallest absolute Gasteiger partial charge is 0.323 e. The molecule has 0 fully saturated rings. The first kappa shape index (κ1) is 20.9. The number of carbonyl (C=O) groups excluding carboxylic acids is 1. The zero-order valence-electron chi connectivity index (χ0n) is 17.3. The van der Waals surface area contributed by atoms with Crippen molar-refractivity contribution >= 4 is 50.8 Å². The Morgan fingerprint density at radius 2 is 1.82 bits per heavy atom. The van der Waals surface area contributed by atoms with Gasteiger partial charge >= 0.3 is 6.03 Å². The van der Waals surface area contributed by atoms with E-state index < -0.39 is 17.7 Å². The molecule has 2 amide bonds. The van der Waals surface area contributed by atoms with Gasteiger partial charge in [-0.2, -0.15) is 0 Å². The van der Waals surface area contributed by atoms with E-state index in [2.05, 4.69) is 20.6 Å². The number of rotatable bonds is 3. The minimum absolute atomic E-state index is 0.122. The van der Waals surface area contributed by atoms with Gasteiger partial charge in [0, 0.05) is 39.3 Å². The summed E-state index contributed by atoms with van der Waals surface area (Å²) in [7, 11) is 0. The average molecular weight is 463 g/mol. The second-order valence-corrected chi connectivity index (χ2v) is 8.04. The molecule has 8 heteroatoms. The van der Waals surface area contributed by atoms with E-state index in [9.17, 15) is 13.6 Å². The van der Waals surface area contributed by atoms with Crippen molar-refractivity contribution in [3.63, 3.8) is 0 Å². The van der Waals surface area contributed by atoms with E-state index in [1.54, 1.807) is 24.4 Å². The average Bonchev–Trinajstić information content (AvgIpc) is 3.15. The lowest BCUT2D eigenvalue weighted by Crippen LogP contribution is -2.20. The number of nitrogens with one attached hydrogen (secondary N) is 3. The number of pyridine rings is 1. The number of fused-ring (bicyclic) bond motifs is 3. The maximum absolute atomic E-state index is 13.8. The molecule has 0 bridgehead atoms. The lowest BCUT2D eigenvalue weighted by molar-refractivity contribution is 0.262. The third-order valence-corrected chi connectivity index (χ3v) is 5.61. The highest BCUT2D eigenvalue weighted by molar-refractivity contribution is 6.32. The molecule has 0 atom stereocenters. The van der Waals surface area contributed by atoms with Gasteiger partial charge in [0.15, 0.2) is 0 Å². The van der Waals surface area contributed by atoms with Crippen molar-refractivity contribution in [1.29, 1.82) is 0 Å². The summed E-state index contributed by atoms with van der Waals surface area (Å²) in [6.45, 7) is 1.94. The molecule has 0 aliphatic heterocycles. The maximum atomic E-state index is 13.8. The van der Waals surface area contributed by atoms with E-state index in [0.29, 0.717) is 16.8 Å². The minimum Gasteiger partial charge on any atom is -0.353 e. The van der Waals surface area contributed by atoms with Crippen molar-refractivity contribution in [3.8, 4) is 11.1 Å². The Morgan fingerprint density at radius 3 is 2.64 bits per heavy atom. The molecule has 3 aromatic carbocycles. The Bertz CT molecular complexity index is 1550. The SMILES string of the molecule is Cc1nccc2c1[nH]c1c(-c3cccc(NC(=O)Nc4ccc(F)cc4F)c3)cc(Cl)cc12. The monoisotopic (exact) mass is 462 g/mol. The van der Waals surface area contributed by atoms with Crippen LogP contribution >= 0.6 is 11.6 Å². The molecule has 0 radical (unpaired) electrons. The fourth-order valence-electron chi connectivity index (χ4n) is 3.90. The van der Waals surface area contributed by atoms with E-state index in [4.69, 9.17) is 11.6 Å². The molecule has 2 heterocycles. The van der Waals surface area contributed by atoms with Crippen molar-refractivity contribution in [3.05, 3.63) is 89.2 Å². The van der Waals surface area contributed by atoms with Crippen LogP contribution in [0, 0.1) is 18.6 Å². The molecular formula is C25H17ClF2N4O. The standard InChI is InChI=1S/C25H17ClF2N4O/c1-13-23-18(7-8-29-13)20-11-15(26)10-19(24(20)32-23)14-3-2-4-17(9-14)30-25(33)31-22-6-5-16(27)12-21(22)28/h2-12,32H,1H3,(H2,30,31,33). The highest BCUT2D eigenvalue weighted by Gasteiger charge is 2.14. The summed E-state index contributed by atoms with van der Waals surface area (Å²) in [5.41, 5.74) is 4.78. The Balaban J connectivity index is 1.50. The molecule has 0 saturated carbocycles. The highest BCUT2D eigenvalue weighted by Crippen LogP contribution is 2.37. The van der Waals surface area contributed by atoms with Gasteiger partial charge < -0.3 is 15.6 Å². The summed E-state index contributed by atoms with van der Waals surface area (Å²) >= 11 is 6.44. The van der Waals surface area contributed by atoms with Crippen LogP contribution in [0.3, 0.4) is 0 Å². The molecular weight excluding hydrogens is 446 g/mol. The third kappa shape index (κ3) is 3.99. The number of aromatic nitrogens is 2. The minimum atomic E-state index is -0.858. The molecule has 0 spiro atoms. The fourth-order valence-corrected chi connectivity index (χ4v) is 4.11. The molecule has 5 aromatic rings. The fraction of sp³-hybridized carbons (Fsp3) is 0.0400. The largest absolute Gasteiger partial charge is 0.353 e. The summed E-state index contributed by atoms with van der Waals surface area (Å²) in [6, 6.07) is 15.2. The van der Waals surface area contributed by atoms with Gasteiger partial charge in [-0.05, 0) is 55.0 Å². The summed E-state index contributed by atoms with van der Waals surface area (Å²) in [5.74, 6) is -1.58. The predicted octanol–water partition coefficient (Wildman–Crippen LogP) is 7.27. The molecule has 0 aliphatic rings. The van der Waals surface area contributed by atoms with Gasteiger partial charge in [0.25, 0.3) is 0 Å². The van der Waals surface area contributed by atoms with Gasteiger partial charge in [-0.1, -0.05) is 23.7 Å². The van der Waals surface area contributed by atoms with Gasteiger partial charge in [0.05, 0.1) is 22.4 Å². The van der Waals surface area contributed by atoms with Crippen LogP contribution < -0.4 is 10.6 Å². The van der Waals surface area contributed by atoms with Crippen LogP contribution in [0.4, 0.5) is 25.0 Å². The second kappa shape index (κ2) is 8.18. The number of halogens is 3. The molecule has 0 saturated heterocycles. The lowest BCUT2D eigenvalue weighted by Gasteiger charge is -2.11. The van der Waals surface area contributed by atoms with Crippen molar-refractivity contribution in [1.82, 2.24) is 9.97 Å². The van der Waals surface area contributed by atoms with E-state index in [1.165, 1.54) is 0 Å². The first-order chi connectivity index (χ1) is 15.9. The molecule has 2 aromatic heterocycles. The van der Waals surface area contributed by atoms with Crippen LogP contribution in [0.2, 0.25) is 5.02 Å². The number of hydrogen-bond acceptors (Lipinski definition) is 2. The molecule has 5 nitrogen and oxygen atoms in total. The highest BCUT2D eigenvalue weighted by atomic mass is 35.5. The zero-order valence-corrected chi connectivity index (χ0v) is 18.1. The van der Waals surface area contributed by atoms with Crippen molar-refractivity contribution in [2.24, 2.45) is 0 Å².